The third kappa shape index (κ3) is 4.09. The van der Waals surface area contributed by atoms with Crippen molar-refractivity contribution in [3.05, 3.63) is 59.7 Å². The van der Waals surface area contributed by atoms with Crippen LogP contribution in [0.1, 0.15) is 34.7 Å². The summed E-state index contributed by atoms with van der Waals surface area (Å²) in [7, 11) is 1.55. The number of nitrogen functional groups attached to an aromatic ring is 1. The van der Waals surface area contributed by atoms with E-state index in [1.165, 1.54) is 0 Å². The second-order valence-corrected chi connectivity index (χ2v) is 7.56. The molecule has 0 unspecified atom stereocenters. The highest BCUT2D eigenvalue weighted by Gasteiger charge is 2.26. The number of hydrogen-bond acceptors (Lipinski definition) is 7. The maximum Gasteiger partial charge on any atom is 0.335 e. The molecule has 0 bridgehead atoms. The van der Waals surface area contributed by atoms with Crippen molar-refractivity contribution in [3.63, 3.8) is 0 Å². The number of nitrogens with two attached hydrogens (primary N) is 1. The van der Waals surface area contributed by atoms with Crippen LogP contribution in [-0.2, 0) is 0 Å². The molecule has 1 aliphatic rings. The van der Waals surface area contributed by atoms with E-state index in [1.54, 1.807) is 37.4 Å². The highest BCUT2D eigenvalue weighted by Crippen LogP contribution is 2.38. The first-order valence-electron chi connectivity index (χ1n) is 10.1. The van der Waals surface area contributed by atoms with Crippen LogP contribution >= 0.6 is 0 Å². The van der Waals surface area contributed by atoms with E-state index >= 15 is 0 Å². The van der Waals surface area contributed by atoms with Crippen molar-refractivity contribution in [1.29, 1.82) is 0 Å². The van der Waals surface area contributed by atoms with Gasteiger partial charge in [0.15, 0.2) is 5.82 Å². The molecule has 0 spiro atoms. The Hall–Kier alpha value is -3.81. The van der Waals surface area contributed by atoms with E-state index < -0.39 is 5.97 Å². The van der Waals surface area contributed by atoms with E-state index in [0.717, 1.165) is 30.6 Å². The first-order chi connectivity index (χ1) is 15.0. The number of carboxylic acid groups (broad SMARTS) is 1. The number of rotatable bonds is 5. The largest absolute Gasteiger partial charge is 0.507 e. The van der Waals surface area contributed by atoms with Crippen LogP contribution in [0.4, 0.5) is 11.5 Å². The SMILES string of the molecule is COc1cc(C(=O)O)ccc1[C@H]1CCCN(c2cc(-c3ccccc3O)nnc2N)C1. The van der Waals surface area contributed by atoms with Gasteiger partial charge >= 0.3 is 5.97 Å². The zero-order valence-electron chi connectivity index (χ0n) is 17.2. The summed E-state index contributed by atoms with van der Waals surface area (Å²) in [6.45, 7) is 1.49. The van der Waals surface area contributed by atoms with Gasteiger partial charge in [0.05, 0.1) is 24.1 Å². The first-order valence-corrected chi connectivity index (χ1v) is 10.1. The fourth-order valence-corrected chi connectivity index (χ4v) is 4.10. The number of phenols is 1. The number of para-hydroxylation sites is 1. The Morgan fingerprint density at radius 1 is 1.19 bits per heavy atom. The predicted molar refractivity (Wildman–Crippen MR) is 118 cm³/mol. The molecule has 1 aromatic heterocycles. The Morgan fingerprint density at radius 2 is 2.00 bits per heavy atom. The number of methoxy groups -OCH3 is 1. The Bertz CT molecular complexity index is 1120. The molecular weight excluding hydrogens is 396 g/mol. The number of benzene rings is 2. The maximum absolute atomic E-state index is 11.3. The average molecular weight is 420 g/mol. The molecular formula is C23H24N4O4. The molecule has 160 valence electrons. The summed E-state index contributed by atoms with van der Waals surface area (Å²) in [5, 5.41) is 27.7. The van der Waals surface area contributed by atoms with E-state index in [9.17, 15) is 15.0 Å². The van der Waals surface area contributed by atoms with Gasteiger partial charge in [0.25, 0.3) is 0 Å². The van der Waals surface area contributed by atoms with Crippen LogP contribution in [0.2, 0.25) is 0 Å². The summed E-state index contributed by atoms with van der Waals surface area (Å²) in [6.07, 6.45) is 1.88. The van der Waals surface area contributed by atoms with Gasteiger partial charge in [-0.2, -0.15) is 0 Å². The van der Waals surface area contributed by atoms with Gasteiger partial charge in [0.2, 0.25) is 0 Å². The number of carbonyl (C=O) groups is 1. The summed E-state index contributed by atoms with van der Waals surface area (Å²) in [5.41, 5.74) is 9.24. The van der Waals surface area contributed by atoms with E-state index in [1.807, 2.05) is 18.2 Å². The van der Waals surface area contributed by atoms with Crippen molar-refractivity contribution in [3.8, 4) is 22.8 Å². The van der Waals surface area contributed by atoms with Crippen molar-refractivity contribution >= 4 is 17.5 Å². The third-order valence-corrected chi connectivity index (χ3v) is 5.66. The van der Waals surface area contributed by atoms with Gasteiger partial charge in [-0.05, 0) is 48.7 Å². The smallest absolute Gasteiger partial charge is 0.335 e. The standard InChI is InChI=1S/C23H24N4O4/c1-31-21-11-14(23(29)30)8-9-16(21)15-5-4-10-27(13-15)19-12-18(25-26-22(19)24)17-6-2-3-7-20(17)28/h2-3,6-9,11-12,15,28H,4-5,10,13H2,1H3,(H2,24,26)(H,29,30)/t15-/m0/s1. The lowest BCUT2D eigenvalue weighted by Crippen LogP contribution is -2.35. The fraction of sp³-hybridized carbons (Fsp3) is 0.261. The molecule has 8 heteroatoms. The summed E-state index contributed by atoms with van der Waals surface area (Å²) in [6, 6.07) is 13.8. The number of aromatic hydroxyl groups is 1. The highest BCUT2D eigenvalue weighted by atomic mass is 16.5. The van der Waals surface area contributed by atoms with Crippen LogP contribution in [0.3, 0.4) is 0 Å². The molecule has 1 fully saturated rings. The molecule has 2 heterocycles. The Labute approximate surface area is 179 Å². The minimum absolute atomic E-state index is 0.132. The van der Waals surface area contributed by atoms with Crippen molar-refractivity contribution in [2.45, 2.75) is 18.8 Å². The van der Waals surface area contributed by atoms with Crippen LogP contribution in [0.25, 0.3) is 11.3 Å². The number of ether oxygens (including phenoxy) is 1. The normalized spacial score (nSPS) is 16.2. The van der Waals surface area contributed by atoms with Crippen LogP contribution in [-0.4, -0.2) is 46.6 Å². The molecule has 4 N–H and O–H groups in total. The Morgan fingerprint density at radius 3 is 2.74 bits per heavy atom. The molecule has 8 nitrogen and oxygen atoms in total. The minimum atomic E-state index is -0.984. The van der Waals surface area contributed by atoms with E-state index in [0.29, 0.717) is 29.4 Å². The van der Waals surface area contributed by atoms with Gasteiger partial charge in [-0.15, -0.1) is 10.2 Å². The number of anilines is 2. The van der Waals surface area contributed by atoms with Gasteiger partial charge in [0, 0.05) is 24.6 Å². The third-order valence-electron chi connectivity index (χ3n) is 5.66. The van der Waals surface area contributed by atoms with Crippen LogP contribution in [0.5, 0.6) is 11.5 Å². The molecule has 1 saturated heterocycles. The molecule has 4 rings (SSSR count). The predicted octanol–water partition coefficient (Wildman–Crippen LogP) is 3.52. The van der Waals surface area contributed by atoms with Crippen LogP contribution in [0.15, 0.2) is 48.5 Å². The molecule has 0 saturated carbocycles. The van der Waals surface area contributed by atoms with Gasteiger partial charge in [-0.3, -0.25) is 0 Å². The molecule has 3 aromatic rings. The van der Waals surface area contributed by atoms with Crippen molar-refractivity contribution < 1.29 is 19.7 Å². The number of aromatic carboxylic acids is 1. The van der Waals surface area contributed by atoms with Gasteiger partial charge in [-0.1, -0.05) is 18.2 Å². The monoisotopic (exact) mass is 420 g/mol. The first kappa shape index (κ1) is 20.5. The number of phenolic OH excluding ortho intramolecular Hbond substituents is 1. The summed E-state index contributed by atoms with van der Waals surface area (Å²) in [5.74, 6) is 0.193. The topological polar surface area (TPSA) is 122 Å². The lowest BCUT2D eigenvalue weighted by Gasteiger charge is -2.35. The molecule has 0 amide bonds. The average Bonchev–Trinajstić information content (AvgIpc) is 2.79. The van der Waals surface area contributed by atoms with Crippen molar-refractivity contribution in [2.75, 3.05) is 30.8 Å². The number of aromatic nitrogens is 2. The van der Waals surface area contributed by atoms with Crippen molar-refractivity contribution in [2.24, 2.45) is 0 Å². The zero-order valence-corrected chi connectivity index (χ0v) is 17.2. The molecule has 0 radical (unpaired) electrons. The highest BCUT2D eigenvalue weighted by molar-refractivity contribution is 5.88. The zero-order chi connectivity index (χ0) is 22.0. The van der Waals surface area contributed by atoms with Gasteiger partial charge in [-0.25, -0.2) is 4.79 Å². The quantitative estimate of drug-likeness (QED) is 0.573. The maximum atomic E-state index is 11.3. The summed E-state index contributed by atoms with van der Waals surface area (Å²) >= 11 is 0. The second-order valence-electron chi connectivity index (χ2n) is 7.56. The van der Waals surface area contributed by atoms with Crippen LogP contribution < -0.4 is 15.4 Å². The number of nitrogens with zero attached hydrogens (tertiary/aromatic N) is 3. The Kier molecular flexibility index (Phi) is 5.62. The van der Waals surface area contributed by atoms with E-state index in [-0.39, 0.29) is 17.2 Å². The van der Waals surface area contributed by atoms with Crippen LogP contribution in [0, 0.1) is 0 Å². The molecule has 31 heavy (non-hydrogen) atoms. The molecule has 1 atom stereocenters. The molecule has 2 aromatic carbocycles. The second kappa shape index (κ2) is 8.51. The Balaban J connectivity index is 1.64. The van der Waals surface area contributed by atoms with Gasteiger partial charge < -0.3 is 25.6 Å². The fourth-order valence-electron chi connectivity index (χ4n) is 4.10. The summed E-state index contributed by atoms with van der Waals surface area (Å²) < 4.78 is 5.49. The van der Waals surface area contributed by atoms with E-state index in [2.05, 4.69) is 15.1 Å². The lowest BCUT2D eigenvalue weighted by molar-refractivity contribution is 0.0696. The molecule has 0 aliphatic carbocycles. The summed E-state index contributed by atoms with van der Waals surface area (Å²) in [4.78, 5) is 13.5. The van der Waals surface area contributed by atoms with Gasteiger partial charge in [0.1, 0.15) is 11.5 Å². The minimum Gasteiger partial charge on any atom is -0.507 e. The lowest BCUT2D eigenvalue weighted by atomic mass is 9.89. The molecule has 1 aliphatic heterocycles. The number of hydrogen-bond donors (Lipinski definition) is 3. The van der Waals surface area contributed by atoms with E-state index in [4.69, 9.17) is 10.5 Å². The van der Waals surface area contributed by atoms with Crippen molar-refractivity contribution in [1.82, 2.24) is 10.2 Å². The number of carboxylic acids is 1. The number of piperidine rings is 1.